The molecular weight excluding hydrogens is 452 g/mol. The van der Waals surface area contributed by atoms with Gasteiger partial charge in [0.25, 0.3) is 0 Å². The number of rotatable bonds is 4. The van der Waals surface area contributed by atoms with Crippen molar-refractivity contribution in [3.8, 4) is 11.3 Å². The lowest BCUT2D eigenvalue weighted by Gasteiger charge is -2.41. The Morgan fingerprint density at radius 1 is 1.03 bits per heavy atom. The molecule has 7 nitrogen and oxygen atoms in total. The first kappa shape index (κ1) is 23.7. The largest absolute Gasteiger partial charge is 0.388 e. The van der Waals surface area contributed by atoms with E-state index in [1.807, 2.05) is 6.07 Å². The fourth-order valence-corrected chi connectivity index (χ4v) is 5.86. The molecule has 2 aliphatic rings. The standard InChI is InChI=1S/C26H29F2N5O2/c1-5-15-14-11-18(22-16(27)7-6-8-17(22)28)31-32-23(14)26(4,25(15,2)3)21-9-10-29-24(30-21)33-12-19(34)20(35)13-33/h6-11,15,19-20,34-35H,5,12-13H2,1-4H3/t15-,19-,20-,26-/m0/s1. The number of anilines is 1. The molecule has 4 atom stereocenters. The van der Waals surface area contributed by atoms with Crippen molar-refractivity contribution in [3.63, 3.8) is 0 Å². The van der Waals surface area contributed by atoms with Crippen LogP contribution in [-0.2, 0) is 5.41 Å². The Hall–Kier alpha value is -3.04. The van der Waals surface area contributed by atoms with Crippen LogP contribution in [0.5, 0.6) is 0 Å². The number of nitrogens with zero attached hydrogens (tertiary/aromatic N) is 5. The van der Waals surface area contributed by atoms with Gasteiger partial charge in [0, 0.05) is 19.3 Å². The fraction of sp³-hybridized carbons (Fsp3) is 0.462. The molecule has 184 valence electrons. The molecule has 2 aromatic heterocycles. The average molecular weight is 482 g/mol. The number of hydrogen-bond donors (Lipinski definition) is 2. The van der Waals surface area contributed by atoms with E-state index < -0.39 is 29.3 Å². The van der Waals surface area contributed by atoms with Crippen molar-refractivity contribution < 1.29 is 19.0 Å². The van der Waals surface area contributed by atoms with Crippen LogP contribution in [0.3, 0.4) is 0 Å². The summed E-state index contributed by atoms with van der Waals surface area (Å²) in [6.45, 7) is 8.95. The van der Waals surface area contributed by atoms with Crippen molar-refractivity contribution in [2.75, 3.05) is 18.0 Å². The van der Waals surface area contributed by atoms with Crippen LogP contribution in [0.15, 0.2) is 36.5 Å². The van der Waals surface area contributed by atoms with Gasteiger partial charge >= 0.3 is 0 Å². The van der Waals surface area contributed by atoms with E-state index in [4.69, 9.17) is 4.98 Å². The second-order valence-electron chi connectivity index (χ2n) is 10.2. The zero-order valence-corrected chi connectivity index (χ0v) is 20.2. The van der Waals surface area contributed by atoms with Crippen LogP contribution >= 0.6 is 0 Å². The highest BCUT2D eigenvalue weighted by molar-refractivity contribution is 5.63. The summed E-state index contributed by atoms with van der Waals surface area (Å²) >= 11 is 0. The molecule has 0 bridgehead atoms. The molecule has 0 spiro atoms. The first-order valence-corrected chi connectivity index (χ1v) is 11.9. The predicted octanol–water partition coefficient (Wildman–Crippen LogP) is 3.59. The Morgan fingerprint density at radius 2 is 1.69 bits per heavy atom. The molecule has 3 aromatic rings. The summed E-state index contributed by atoms with van der Waals surface area (Å²) < 4.78 is 29.0. The van der Waals surface area contributed by atoms with E-state index >= 15 is 0 Å². The van der Waals surface area contributed by atoms with Crippen LogP contribution in [0.25, 0.3) is 11.3 Å². The van der Waals surface area contributed by atoms with E-state index in [-0.39, 0.29) is 35.7 Å². The summed E-state index contributed by atoms with van der Waals surface area (Å²) in [5.74, 6) is -0.888. The normalized spacial score (nSPS) is 27.3. The summed E-state index contributed by atoms with van der Waals surface area (Å²) in [4.78, 5) is 11.0. The molecule has 5 rings (SSSR count). The third kappa shape index (κ3) is 3.43. The SMILES string of the molecule is CC[C@H]1c2cc(-c3c(F)cccc3F)nnc2[C@](C)(c2ccnc(N3C[C@H](O)[C@@H](O)C3)n2)C1(C)C. The van der Waals surface area contributed by atoms with Crippen molar-refractivity contribution >= 4 is 5.95 Å². The first-order valence-electron chi connectivity index (χ1n) is 11.9. The summed E-state index contributed by atoms with van der Waals surface area (Å²) in [6.07, 6.45) is 0.761. The Kier molecular flexibility index (Phi) is 5.60. The van der Waals surface area contributed by atoms with Gasteiger partial charge in [-0.2, -0.15) is 5.10 Å². The van der Waals surface area contributed by atoms with Gasteiger partial charge in [0.05, 0.1) is 40.3 Å². The van der Waals surface area contributed by atoms with Gasteiger partial charge in [0.1, 0.15) is 11.6 Å². The Morgan fingerprint density at radius 3 is 2.31 bits per heavy atom. The zero-order chi connectivity index (χ0) is 25.1. The van der Waals surface area contributed by atoms with Gasteiger partial charge in [-0.15, -0.1) is 5.10 Å². The Bertz CT molecular complexity index is 1260. The van der Waals surface area contributed by atoms with Crippen molar-refractivity contribution in [3.05, 3.63) is 65.1 Å². The van der Waals surface area contributed by atoms with Gasteiger partial charge in [0.15, 0.2) is 0 Å². The molecule has 9 heteroatoms. The van der Waals surface area contributed by atoms with Crippen LogP contribution in [-0.4, -0.2) is 55.7 Å². The summed E-state index contributed by atoms with van der Waals surface area (Å²) in [6, 6.07) is 7.37. The number of β-amino-alcohol motifs (C(OH)–C–C–N with tert-alkyl or cyclic N) is 2. The number of fused-ring (bicyclic) bond motifs is 1. The third-order valence-electron chi connectivity index (χ3n) is 8.16. The quantitative estimate of drug-likeness (QED) is 0.588. The van der Waals surface area contributed by atoms with Crippen molar-refractivity contribution in [1.82, 2.24) is 20.2 Å². The minimum absolute atomic E-state index is 0.0421. The molecule has 0 amide bonds. The highest BCUT2D eigenvalue weighted by atomic mass is 19.1. The minimum Gasteiger partial charge on any atom is -0.388 e. The lowest BCUT2D eigenvalue weighted by atomic mass is 9.62. The van der Waals surface area contributed by atoms with Gasteiger partial charge in [0.2, 0.25) is 5.95 Å². The molecule has 1 aliphatic carbocycles. The number of aromatic nitrogens is 4. The summed E-state index contributed by atoms with van der Waals surface area (Å²) in [7, 11) is 0. The van der Waals surface area contributed by atoms with Crippen LogP contribution in [0, 0.1) is 17.0 Å². The summed E-state index contributed by atoms with van der Waals surface area (Å²) in [5.41, 5.74) is 1.32. The second-order valence-corrected chi connectivity index (χ2v) is 10.2. The number of hydrogen-bond acceptors (Lipinski definition) is 7. The Labute approximate surface area is 202 Å². The van der Waals surface area contributed by atoms with Crippen molar-refractivity contribution in [2.24, 2.45) is 5.41 Å². The van der Waals surface area contributed by atoms with Gasteiger partial charge in [-0.1, -0.05) is 26.8 Å². The maximum atomic E-state index is 14.5. The van der Waals surface area contributed by atoms with Crippen molar-refractivity contribution in [2.45, 2.75) is 57.7 Å². The first-order chi connectivity index (χ1) is 16.6. The number of aliphatic hydroxyl groups is 2. The second kappa shape index (κ2) is 8.27. The monoisotopic (exact) mass is 481 g/mol. The molecular formula is C26H29F2N5O2. The third-order valence-corrected chi connectivity index (χ3v) is 8.16. The van der Waals surface area contributed by atoms with E-state index in [2.05, 4.69) is 42.9 Å². The molecule has 2 N–H and O–H groups in total. The van der Waals surface area contributed by atoms with E-state index in [9.17, 15) is 19.0 Å². The van der Waals surface area contributed by atoms with Gasteiger partial charge in [-0.3, -0.25) is 0 Å². The number of aliphatic hydroxyl groups excluding tert-OH is 2. The van der Waals surface area contributed by atoms with Crippen molar-refractivity contribution in [1.29, 1.82) is 0 Å². The smallest absolute Gasteiger partial charge is 0.225 e. The van der Waals surface area contributed by atoms with Crippen LogP contribution < -0.4 is 4.90 Å². The highest BCUT2D eigenvalue weighted by Crippen LogP contribution is 2.61. The van der Waals surface area contributed by atoms with Gasteiger partial charge in [-0.25, -0.2) is 18.7 Å². The lowest BCUT2D eigenvalue weighted by molar-refractivity contribution is 0.0572. The zero-order valence-electron chi connectivity index (χ0n) is 20.2. The molecule has 1 fully saturated rings. The topological polar surface area (TPSA) is 95.3 Å². The predicted molar refractivity (Wildman–Crippen MR) is 127 cm³/mol. The molecule has 1 aromatic carbocycles. The van der Waals surface area contributed by atoms with Crippen LogP contribution in [0.1, 0.15) is 57.0 Å². The lowest BCUT2D eigenvalue weighted by Crippen LogP contribution is -2.40. The fourth-order valence-electron chi connectivity index (χ4n) is 5.86. The highest BCUT2D eigenvalue weighted by Gasteiger charge is 2.57. The number of halogens is 2. The van der Waals surface area contributed by atoms with Gasteiger partial charge in [-0.05, 0) is 54.5 Å². The van der Waals surface area contributed by atoms with Gasteiger partial charge < -0.3 is 15.1 Å². The van der Waals surface area contributed by atoms with E-state index in [0.717, 1.165) is 23.4 Å². The molecule has 3 heterocycles. The molecule has 35 heavy (non-hydrogen) atoms. The average Bonchev–Trinajstić information content (AvgIpc) is 3.25. The van der Waals surface area contributed by atoms with E-state index in [0.29, 0.717) is 5.95 Å². The molecule has 1 saturated heterocycles. The number of benzene rings is 1. The van der Waals surface area contributed by atoms with Crippen LogP contribution in [0.4, 0.5) is 14.7 Å². The molecule has 1 aliphatic heterocycles. The van der Waals surface area contributed by atoms with Crippen LogP contribution in [0.2, 0.25) is 0 Å². The molecule has 0 radical (unpaired) electrons. The van der Waals surface area contributed by atoms with E-state index in [1.54, 1.807) is 17.2 Å². The molecule has 0 unspecified atom stereocenters. The maximum Gasteiger partial charge on any atom is 0.225 e. The minimum atomic E-state index is -0.853. The summed E-state index contributed by atoms with van der Waals surface area (Å²) in [5, 5.41) is 28.8. The molecule has 0 saturated carbocycles. The Balaban J connectivity index is 1.64. The van der Waals surface area contributed by atoms with E-state index in [1.165, 1.54) is 18.2 Å². The maximum absolute atomic E-state index is 14.5.